The van der Waals surface area contributed by atoms with E-state index in [2.05, 4.69) is 14.8 Å². The fourth-order valence-corrected chi connectivity index (χ4v) is 12.6. The first-order valence-corrected chi connectivity index (χ1v) is 16.9. The number of nitrogens with one attached hydrogen (secondary N) is 1. The number of para-hydroxylation sites is 2. The summed E-state index contributed by atoms with van der Waals surface area (Å²) in [5.41, 5.74) is 2.47. The fourth-order valence-electron chi connectivity index (χ4n) is 12.6. The predicted molar refractivity (Wildman–Crippen MR) is 164 cm³/mol. The van der Waals surface area contributed by atoms with Gasteiger partial charge in [0.25, 0.3) is 5.56 Å². The van der Waals surface area contributed by atoms with E-state index in [9.17, 15) is 24.6 Å². The number of rotatable bonds is 8. The Hall–Kier alpha value is -2.98. The fraction of sp³-hybridized carbons (Fsp3) is 0.706. The Morgan fingerprint density at radius 1 is 0.932 bits per heavy atom. The Bertz CT molecular complexity index is 1570. The molecule has 1 aromatic carbocycles. The summed E-state index contributed by atoms with van der Waals surface area (Å²) in [6.45, 7) is 1.21. The molecule has 0 amide bonds. The van der Waals surface area contributed by atoms with Crippen molar-refractivity contribution in [2.45, 2.75) is 93.3 Å². The standard InChI is InChI=1S/C34H43N5O5/c40-29-28(35-8-9-37-17-24(30(41)42)25(18-37)31(43)44)36-26-4-1-2-5-27(26)38(29)23-15-32-6-3-7-33(16-23,19-32)39(32)34-13-20-10-21(14-34)12-22(34)11-20/h1-2,4-5,20-25H,3,6-19H2,(H,35,36)(H,41,42)(H,43,44)/t20?,21?,22?,23?,24-,25-,32?,33?,34?/m1/s1. The van der Waals surface area contributed by atoms with Crippen LogP contribution in [-0.4, -0.2) is 84.3 Å². The molecule has 10 nitrogen and oxygen atoms in total. The van der Waals surface area contributed by atoms with Gasteiger partial charge >= 0.3 is 11.9 Å². The number of benzene rings is 1. The summed E-state index contributed by atoms with van der Waals surface area (Å²) in [5.74, 6) is -0.920. The number of carbonyl (C=O) groups is 2. The molecule has 3 N–H and O–H groups in total. The van der Waals surface area contributed by atoms with Gasteiger partial charge in [-0.1, -0.05) is 12.1 Å². The third-order valence-electron chi connectivity index (χ3n) is 13.4. The molecule has 9 fully saturated rings. The summed E-state index contributed by atoms with van der Waals surface area (Å²) in [4.78, 5) is 47.2. The van der Waals surface area contributed by atoms with E-state index in [0.29, 0.717) is 24.4 Å². The van der Waals surface area contributed by atoms with Crippen LogP contribution in [0, 0.1) is 29.6 Å². The minimum Gasteiger partial charge on any atom is -0.481 e. The van der Waals surface area contributed by atoms with Gasteiger partial charge in [-0.15, -0.1) is 0 Å². The molecule has 11 rings (SSSR count). The summed E-state index contributed by atoms with van der Waals surface area (Å²) in [5, 5.41) is 22.3. The smallest absolute Gasteiger partial charge is 0.308 e. The van der Waals surface area contributed by atoms with Crippen LogP contribution in [-0.2, 0) is 9.59 Å². The van der Waals surface area contributed by atoms with Crippen molar-refractivity contribution in [2.24, 2.45) is 29.6 Å². The summed E-state index contributed by atoms with van der Waals surface area (Å²) in [7, 11) is 0. The van der Waals surface area contributed by atoms with E-state index in [1.54, 1.807) is 0 Å². The van der Waals surface area contributed by atoms with Gasteiger partial charge in [0.2, 0.25) is 0 Å². The van der Waals surface area contributed by atoms with Gasteiger partial charge in [0.1, 0.15) is 0 Å². The van der Waals surface area contributed by atoms with Crippen LogP contribution in [0.4, 0.5) is 5.82 Å². The summed E-state index contributed by atoms with van der Waals surface area (Å²) < 4.78 is 2.06. The molecular weight excluding hydrogens is 558 g/mol. The van der Waals surface area contributed by atoms with Crippen molar-refractivity contribution in [3.63, 3.8) is 0 Å². The first-order chi connectivity index (χ1) is 21.2. The molecule has 10 heteroatoms. The molecule has 44 heavy (non-hydrogen) atoms. The van der Waals surface area contributed by atoms with E-state index in [4.69, 9.17) is 4.98 Å². The third kappa shape index (κ3) is 3.67. The van der Waals surface area contributed by atoms with Crippen LogP contribution in [0.3, 0.4) is 0 Å². The molecule has 3 aliphatic heterocycles. The van der Waals surface area contributed by atoms with E-state index in [0.717, 1.165) is 41.6 Å². The zero-order chi connectivity index (χ0) is 30.0. The lowest BCUT2D eigenvalue weighted by atomic mass is 9.48. The third-order valence-corrected chi connectivity index (χ3v) is 13.4. The number of anilines is 1. The Kier molecular flexibility index (Phi) is 5.77. The van der Waals surface area contributed by atoms with Crippen molar-refractivity contribution in [3.05, 3.63) is 34.6 Å². The molecule has 4 heterocycles. The number of nitrogens with zero attached hydrogens (tertiary/aromatic N) is 4. The molecule has 0 radical (unpaired) electrons. The van der Waals surface area contributed by atoms with Gasteiger partial charge in [0.15, 0.2) is 5.82 Å². The topological polar surface area (TPSA) is 128 Å². The highest BCUT2D eigenvalue weighted by Gasteiger charge is 2.76. The second kappa shape index (κ2) is 9.28. The highest BCUT2D eigenvalue weighted by molar-refractivity contribution is 5.81. The number of fused-ring (bicyclic) bond motifs is 3. The van der Waals surface area contributed by atoms with Gasteiger partial charge in [0.05, 0.1) is 22.9 Å². The number of hydrogen-bond acceptors (Lipinski definition) is 7. The first kappa shape index (κ1) is 27.3. The SMILES string of the molecule is O=C(O)[C@@H]1CN(CCNc2nc3ccccc3n(C3CC45CCCC(C3)(C4)N5C34CC5CC(CC3C5)C4)c2=O)C[C@H]1C(=O)O. The van der Waals surface area contributed by atoms with Crippen molar-refractivity contribution in [2.75, 3.05) is 31.5 Å². The molecular formula is C34H43N5O5. The minimum absolute atomic E-state index is 0.0836. The molecule has 6 bridgehead atoms. The van der Waals surface area contributed by atoms with Crippen LogP contribution in [0.5, 0.6) is 0 Å². The van der Waals surface area contributed by atoms with Crippen LogP contribution in [0.1, 0.15) is 76.7 Å². The van der Waals surface area contributed by atoms with Crippen molar-refractivity contribution in [3.8, 4) is 0 Å². The molecule has 2 aromatic rings. The lowest BCUT2D eigenvalue weighted by Gasteiger charge is -2.79. The first-order valence-electron chi connectivity index (χ1n) is 16.9. The van der Waals surface area contributed by atoms with Gasteiger partial charge in [-0.25, -0.2) is 4.98 Å². The highest BCUT2D eigenvalue weighted by atomic mass is 16.4. The Balaban J connectivity index is 0.993. The number of aromatic nitrogens is 2. The maximum absolute atomic E-state index is 14.3. The molecule has 6 atom stereocenters. The quantitative estimate of drug-likeness (QED) is 0.414. The van der Waals surface area contributed by atoms with Crippen LogP contribution < -0.4 is 10.9 Å². The van der Waals surface area contributed by atoms with Crippen LogP contribution in [0.2, 0.25) is 0 Å². The van der Waals surface area contributed by atoms with Gasteiger partial charge in [-0.05, 0) is 101 Å². The highest BCUT2D eigenvalue weighted by Crippen LogP contribution is 2.74. The van der Waals surface area contributed by atoms with Crippen LogP contribution >= 0.6 is 0 Å². The van der Waals surface area contributed by atoms with E-state index in [-0.39, 0.29) is 35.8 Å². The molecule has 6 saturated carbocycles. The lowest BCUT2D eigenvalue weighted by Crippen LogP contribution is -2.85. The average Bonchev–Trinajstić information content (AvgIpc) is 3.59. The monoisotopic (exact) mass is 601 g/mol. The van der Waals surface area contributed by atoms with Gasteiger partial charge in [-0.3, -0.25) is 24.2 Å². The van der Waals surface area contributed by atoms with E-state index in [1.807, 2.05) is 29.2 Å². The zero-order valence-corrected chi connectivity index (χ0v) is 25.3. The number of likely N-dealkylation sites (tertiary alicyclic amines) is 1. The summed E-state index contributed by atoms with van der Waals surface area (Å²) >= 11 is 0. The largest absolute Gasteiger partial charge is 0.481 e. The molecule has 9 aliphatic rings. The lowest BCUT2D eigenvalue weighted by molar-refractivity contribution is -0.279. The van der Waals surface area contributed by atoms with Crippen molar-refractivity contribution in [1.29, 1.82) is 0 Å². The number of carboxylic acid groups (broad SMARTS) is 2. The normalized spacial score (nSPS) is 42.1. The number of hydrogen-bond donors (Lipinski definition) is 3. The molecule has 6 aliphatic carbocycles. The van der Waals surface area contributed by atoms with Crippen molar-refractivity contribution in [1.82, 2.24) is 19.4 Å². The second-order valence-corrected chi connectivity index (χ2v) is 15.7. The van der Waals surface area contributed by atoms with Crippen LogP contribution in [0.15, 0.2) is 29.1 Å². The summed E-state index contributed by atoms with van der Waals surface area (Å²) in [6.07, 6.45) is 14.3. The molecule has 234 valence electrons. The molecule has 0 spiro atoms. The average molecular weight is 602 g/mol. The Morgan fingerprint density at radius 2 is 1.59 bits per heavy atom. The zero-order valence-electron chi connectivity index (χ0n) is 25.3. The van der Waals surface area contributed by atoms with E-state index in [1.165, 1.54) is 57.8 Å². The van der Waals surface area contributed by atoms with Gasteiger partial charge in [0, 0.05) is 48.8 Å². The van der Waals surface area contributed by atoms with Crippen LogP contribution in [0.25, 0.3) is 11.0 Å². The maximum atomic E-state index is 14.3. The van der Waals surface area contributed by atoms with Gasteiger partial charge in [-0.2, -0.15) is 0 Å². The molecule has 4 unspecified atom stereocenters. The van der Waals surface area contributed by atoms with Crippen molar-refractivity contribution < 1.29 is 19.8 Å². The number of aliphatic carboxylic acids is 2. The maximum Gasteiger partial charge on any atom is 0.308 e. The second-order valence-electron chi connectivity index (χ2n) is 15.7. The molecule has 3 saturated heterocycles. The van der Waals surface area contributed by atoms with Crippen molar-refractivity contribution >= 4 is 28.8 Å². The van der Waals surface area contributed by atoms with E-state index >= 15 is 0 Å². The summed E-state index contributed by atoms with van der Waals surface area (Å²) in [6, 6.07) is 8.12. The van der Waals surface area contributed by atoms with E-state index < -0.39 is 23.8 Å². The number of piperidine rings is 2. The predicted octanol–water partition coefficient (Wildman–Crippen LogP) is 3.81. The Labute approximate surface area is 256 Å². The minimum atomic E-state index is -1.08. The Morgan fingerprint density at radius 3 is 2.25 bits per heavy atom. The number of carboxylic acids is 2. The molecule has 1 aromatic heterocycles. The van der Waals surface area contributed by atoms with Gasteiger partial charge < -0.3 is 20.1 Å².